The van der Waals surface area contributed by atoms with Crippen LogP contribution in [-0.2, 0) is 17.1 Å². The van der Waals surface area contributed by atoms with E-state index in [1.165, 1.54) is 37.9 Å². The third kappa shape index (κ3) is 7.26. The lowest BCUT2D eigenvalue weighted by molar-refractivity contribution is -0.143. The summed E-state index contributed by atoms with van der Waals surface area (Å²) in [6.45, 7) is 3.16. The fraction of sp³-hybridized carbons (Fsp3) is 0.273. The second-order valence-corrected chi connectivity index (χ2v) is 6.95. The average Bonchev–Trinajstić information content (AvgIpc) is 3.24. The summed E-state index contributed by atoms with van der Waals surface area (Å²) in [6, 6.07) is 2.66. The van der Waals surface area contributed by atoms with Crippen LogP contribution in [0.2, 0.25) is 0 Å². The first kappa shape index (κ1) is 25.8. The highest BCUT2D eigenvalue weighted by Crippen LogP contribution is 2.36. The number of benzene rings is 1. The van der Waals surface area contributed by atoms with E-state index in [-0.39, 0.29) is 22.9 Å². The molecule has 0 unspecified atom stereocenters. The van der Waals surface area contributed by atoms with Gasteiger partial charge in [0.1, 0.15) is 0 Å². The molecule has 0 spiro atoms. The van der Waals surface area contributed by atoms with Crippen LogP contribution in [-0.4, -0.2) is 16.6 Å². The predicted octanol–water partition coefficient (Wildman–Crippen LogP) is 6.18. The summed E-state index contributed by atoms with van der Waals surface area (Å²) in [4.78, 5) is 11.9. The molecule has 0 atom stereocenters. The van der Waals surface area contributed by atoms with Gasteiger partial charge in [-0.05, 0) is 43.2 Å². The molecule has 0 bridgehead atoms. The van der Waals surface area contributed by atoms with Crippen LogP contribution in [0.3, 0.4) is 0 Å². The minimum absolute atomic E-state index is 0.0264. The Morgan fingerprint density at radius 2 is 1.70 bits per heavy atom. The fourth-order valence-corrected chi connectivity index (χ4v) is 2.68. The lowest BCUT2D eigenvalue weighted by Crippen LogP contribution is -2.17. The van der Waals surface area contributed by atoms with Crippen molar-refractivity contribution < 1.29 is 35.6 Å². The van der Waals surface area contributed by atoms with E-state index in [2.05, 4.69) is 5.10 Å². The van der Waals surface area contributed by atoms with Crippen LogP contribution in [0.15, 0.2) is 64.8 Å². The number of alkyl halides is 6. The Labute approximate surface area is 185 Å². The van der Waals surface area contributed by atoms with Crippen molar-refractivity contribution in [2.75, 3.05) is 0 Å². The molecular weight excluding hydrogens is 452 g/mol. The van der Waals surface area contributed by atoms with E-state index in [9.17, 15) is 31.1 Å². The molecule has 1 aromatic carbocycles. The van der Waals surface area contributed by atoms with Gasteiger partial charge in [-0.25, -0.2) is 5.01 Å². The molecule has 2 N–H and O–H groups in total. The SMILES string of the molecule is CCC/C=C/N(/C=C(/C(N)=O)c1ccoc1)/N=C(\C)c1cc(C(F)(F)F)cc(C(F)(F)F)c1. The zero-order valence-corrected chi connectivity index (χ0v) is 17.7. The summed E-state index contributed by atoms with van der Waals surface area (Å²) in [5.74, 6) is -0.837. The number of hydrazone groups is 1. The number of nitrogens with zero attached hydrogens (tertiary/aromatic N) is 2. The molecule has 1 aromatic heterocycles. The number of nitrogens with two attached hydrogens (primary N) is 1. The topological polar surface area (TPSA) is 71.8 Å². The van der Waals surface area contributed by atoms with Gasteiger partial charge in [-0.1, -0.05) is 19.4 Å². The number of hydrogen-bond acceptors (Lipinski definition) is 4. The molecule has 0 aliphatic heterocycles. The highest BCUT2D eigenvalue weighted by atomic mass is 19.4. The minimum atomic E-state index is -4.99. The Bertz CT molecular complexity index is 1020. The van der Waals surface area contributed by atoms with Gasteiger partial charge >= 0.3 is 12.4 Å². The van der Waals surface area contributed by atoms with Gasteiger partial charge in [0.2, 0.25) is 0 Å². The second kappa shape index (κ2) is 10.4. The maximum Gasteiger partial charge on any atom is 0.416 e. The van der Waals surface area contributed by atoms with Gasteiger partial charge in [-0.3, -0.25) is 4.79 Å². The monoisotopic (exact) mass is 473 g/mol. The maximum atomic E-state index is 13.2. The highest BCUT2D eigenvalue weighted by molar-refractivity contribution is 6.18. The van der Waals surface area contributed by atoms with E-state index in [0.29, 0.717) is 24.1 Å². The molecule has 2 rings (SSSR count). The molecule has 1 heterocycles. The molecule has 178 valence electrons. The van der Waals surface area contributed by atoms with Crippen LogP contribution in [0.5, 0.6) is 0 Å². The molecule has 0 aliphatic rings. The first-order valence-electron chi connectivity index (χ1n) is 9.67. The molecule has 2 aromatic rings. The van der Waals surface area contributed by atoms with Crippen LogP contribution in [0.4, 0.5) is 26.3 Å². The third-order valence-corrected chi connectivity index (χ3v) is 4.34. The number of halogens is 6. The van der Waals surface area contributed by atoms with Crippen molar-refractivity contribution in [3.8, 4) is 0 Å². The Balaban J connectivity index is 2.60. The quantitative estimate of drug-likeness (QED) is 0.215. The van der Waals surface area contributed by atoms with Crippen molar-refractivity contribution >= 4 is 17.2 Å². The van der Waals surface area contributed by atoms with Gasteiger partial charge in [0, 0.05) is 18.0 Å². The van der Waals surface area contributed by atoms with E-state index >= 15 is 0 Å². The van der Waals surface area contributed by atoms with Crippen molar-refractivity contribution in [3.63, 3.8) is 0 Å². The van der Waals surface area contributed by atoms with E-state index < -0.39 is 29.4 Å². The summed E-state index contributed by atoms with van der Waals surface area (Å²) in [5, 5.41) is 5.21. The fourth-order valence-electron chi connectivity index (χ4n) is 2.68. The standard InChI is InChI=1S/C22H21F6N3O2/c1-3-4-5-7-31(12-19(20(29)32)15-6-8-33-13-15)30-14(2)16-9-17(21(23,24)25)11-18(10-16)22(26,27)28/h5-13H,3-4H2,1-2H3,(H2,29,32)/b7-5+,19-12+,30-14+. The maximum absolute atomic E-state index is 13.2. The van der Waals surface area contributed by atoms with Gasteiger partial charge in [-0.2, -0.15) is 31.4 Å². The van der Waals surface area contributed by atoms with E-state index in [1.54, 1.807) is 6.08 Å². The summed E-state index contributed by atoms with van der Waals surface area (Å²) in [7, 11) is 0. The third-order valence-electron chi connectivity index (χ3n) is 4.34. The van der Waals surface area contributed by atoms with E-state index in [0.717, 1.165) is 11.4 Å². The first-order valence-corrected chi connectivity index (χ1v) is 9.67. The van der Waals surface area contributed by atoms with Crippen LogP contribution < -0.4 is 5.73 Å². The number of carbonyl (C=O) groups is 1. The molecule has 5 nitrogen and oxygen atoms in total. The zero-order valence-electron chi connectivity index (χ0n) is 17.7. The predicted molar refractivity (Wildman–Crippen MR) is 110 cm³/mol. The van der Waals surface area contributed by atoms with Crippen molar-refractivity contribution in [2.24, 2.45) is 10.8 Å². The lowest BCUT2D eigenvalue weighted by atomic mass is 10.0. The van der Waals surface area contributed by atoms with Crippen molar-refractivity contribution in [1.82, 2.24) is 5.01 Å². The van der Waals surface area contributed by atoms with Gasteiger partial charge in [0.25, 0.3) is 5.91 Å². The zero-order chi connectivity index (χ0) is 24.8. The lowest BCUT2D eigenvalue weighted by Gasteiger charge is -2.16. The van der Waals surface area contributed by atoms with Crippen LogP contribution in [0.25, 0.3) is 5.57 Å². The van der Waals surface area contributed by atoms with Crippen LogP contribution >= 0.6 is 0 Å². The molecule has 0 fully saturated rings. The van der Waals surface area contributed by atoms with Crippen molar-refractivity contribution in [3.05, 3.63) is 77.5 Å². The molecule has 11 heteroatoms. The number of amides is 1. The minimum Gasteiger partial charge on any atom is -0.472 e. The molecule has 33 heavy (non-hydrogen) atoms. The van der Waals surface area contributed by atoms with Gasteiger partial charge < -0.3 is 10.2 Å². The molecule has 0 aliphatic carbocycles. The normalized spacial score (nSPS) is 13.6. The van der Waals surface area contributed by atoms with Crippen molar-refractivity contribution in [1.29, 1.82) is 0 Å². The molecule has 0 saturated carbocycles. The largest absolute Gasteiger partial charge is 0.472 e. The van der Waals surface area contributed by atoms with Crippen molar-refractivity contribution in [2.45, 2.75) is 39.0 Å². The Morgan fingerprint density at radius 3 is 2.15 bits per heavy atom. The van der Waals surface area contributed by atoms with E-state index in [1.807, 2.05) is 6.92 Å². The first-order chi connectivity index (χ1) is 15.3. The Hall–Kier alpha value is -3.50. The number of allylic oxidation sites excluding steroid dienone is 1. The molecular formula is C22H21F6N3O2. The highest BCUT2D eigenvalue weighted by Gasteiger charge is 2.37. The summed E-state index contributed by atoms with van der Waals surface area (Å²) >= 11 is 0. The van der Waals surface area contributed by atoms with Crippen LogP contribution in [0, 0.1) is 0 Å². The number of carbonyl (C=O) groups excluding carboxylic acids is 1. The van der Waals surface area contributed by atoms with Gasteiger partial charge in [0.15, 0.2) is 0 Å². The summed E-state index contributed by atoms with van der Waals surface area (Å²) < 4.78 is 84.1. The average molecular weight is 473 g/mol. The van der Waals surface area contributed by atoms with Gasteiger partial charge in [-0.15, -0.1) is 0 Å². The number of furan rings is 1. The molecule has 0 radical (unpaired) electrons. The number of primary amides is 1. The summed E-state index contributed by atoms with van der Waals surface area (Å²) in [5.41, 5.74) is 2.25. The summed E-state index contributed by atoms with van der Waals surface area (Å²) in [6.07, 6.45) is -1.73. The van der Waals surface area contributed by atoms with E-state index in [4.69, 9.17) is 10.2 Å². The van der Waals surface area contributed by atoms with Crippen LogP contribution in [0.1, 0.15) is 48.9 Å². The van der Waals surface area contributed by atoms with Gasteiger partial charge in [0.05, 0.1) is 34.9 Å². The second-order valence-electron chi connectivity index (χ2n) is 6.95. The number of unbranched alkanes of at least 4 members (excludes halogenated alkanes) is 1. The Morgan fingerprint density at radius 1 is 1.09 bits per heavy atom. The smallest absolute Gasteiger partial charge is 0.416 e. The number of rotatable bonds is 8. The molecule has 0 saturated heterocycles. The molecule has 1 amide bonds. The Kier molecular flexibility index (Phi) is 8.13. The number of hydrogen-bond donors (Lipinski definition) is 1.